The third-order valence-electron chi connectivity index (χ3n) is 23.2. The molecule has 5 heteroatoms. The second kappa shape index (κ2) is 20.4. The number of thiophene rings is 1. The molecule has 0 fully saturated rings. The summed E-state index contributed by atoms with van der Waals surface area (Å²) in [5.74, 6) is 0. The van der Waals surface area contributed by atoms with E-state index in [1.54, 1.807) is 0 Å². The molecular formula is C85H91BN2SSi. The van der Waals surface area contributed by atoms with Crippen molar-refractivity contribution >= 4 is 101 Å². The maximum absolute atomic E-state index is 2.84. The lowest BCUT2D eigenvalue weighted by atomic mass is 9.35. The molecule has 15 rings (SSSR count). The highest BCUT2D eigenvalue weighted by Gasteiger charge is 2.50. The predicted molar refractivity (Wildman–Crippen MR) is 394 cm³/mol. The Bertz CT molecular complexity index is 4390. The van der Waals surface area contributed by atoms with Gasteiger partial charge in [0.2, 0.25) is 0 Å². The maximum Gasteiger partial charge on any atom is 0.264 e. The third-order valence-corrected chi connectivity index (χ3v) is 29.2. The van der Waals surface area contributed by atoms with E-state index in [1.165, 1.54) is 156 Å². The molecular weight excluding hydrogens is 1120 g/mol. The van der Waals surface area contributed by atoms with Crippen molar-refractivity contribution in [2.24, 2.45) is 0 Å². The second-order valence-electron chi connectivity index (χ2n) is 32.8. The molecule has 454 valence electrons. The lowest BCUT2D eigenvalue weighted by Gasteiger charge is -2.47. The van der Waals surface area contributed by atoms with Crippen molar-refractivity contribution in [3.63, 3.8) is 0 Å². The van der Waals surface area contributed by atoms with Crippen LogP contribution in [0.1, 0.15) is 187 Å². The van der Waals surface area contributed by atoms with Crippen LogP contribution >= 0.6 is 11.3 Å². The van der Waals surface area contributed by atoms with Crippen LogP contribution in [0.4, 0.5) is 28.4 Å². The number of benzene rings is 9. The highest BCUT2D eigenvalue weighted by Crippen LogP contribution is 2.55. The molecule has 0 atom stereocenters. The van der Waals surface area contributed by atoms with Crippen molar-refractivity contribution in [2.45, 2.75) is 187 Å². The first-order valence-corrected chi connectivity index (χ1v) is 36.6. The van der Waals surface area contributed by atoms with Crippen molar-refractivity contribution in [3.8, 4) is 11.1 Å². The molecule has 2 aliphatic heterocycles. The van der Waals surface area contributed by atoms with E-state index in [-0.39, 0.29) is 44.6 Å². The van der Waals surface area contributed by atoms with Crippen molar-refractivity contribution in [3.05, 3.63) is 239 Å². The Morgan fingerprint density at radius 2 is 0.856 bits per heavy atom. The number of nitrogens with zero attached hydrogens (tertiary/aromatic N) is 2. The van der Waals surface area contributed by atoms with Gasteiger partial charge >= 0.3 is 0 Å². The minimum absolute atomic E-state index is 0.00790. The second-order valence-corrected chi connectivity index (χ2v) is 37.7. The molecule has 0 saturated heterocycles. The Labute approximate surface area is 543 Å². The summed E-state index contributed by atoms with van der Waals surface area (Å²) in [5.41, 5.74) is 24.1. The van der Waals surface area contributed by atoms with Gasteiger partial charge < -0.3 is 9.80 Å². The summed E-state index contributed by atoms with van der Waals surface area (Å²) in [6.45, 7) is 38.2. The summed E-state index contributed by atoms with van der Waals surface area (Å²) < 4.78 is 2.86. The van der Waals surface area contributed by atoms with Gasteiger partial charge in [-0.2, -0.15) is 0 Å². The number of fused-ring (bicyclic) bond motifs is 9. The SMILES string of the molecule is CC(C)(C)c1cc2c3c(c1)N(c1ccc([Si](c4ccccc4)(c4ccccc4)c4ccccc4)cc1)c1c(sc4cc5c(cc14)C(C)(C)CCC5(C)C)B3c1cc3c(cc1N2Cc1cc2c(cc1-c1ccccc1)C(C)(C)CCC2(C)C)C(C)(C)CCC3(C)C. The van der Waals surface area contributed by atoms with Crippen LogP contribution in [-0.2, 0) is 44.4 Å². The molecule has 90 heavy (non-hydrogen) atoms. The lowest BCUT2D eigenvalue weighted by Crippen LogP contribution is -2.74. The first-order valence-electron chi connectivity index (χ1n) is 33.8. The van der Waals surface area contributed by atoms with Gasteiger partial charge in [0.15, 0.2) is 8.07 Å². The summed E-state index contributed by atoms with van der Waals surface area (Å²) >= 11 is 2.09. The van der Waals surface area contributed by atoms with Gasteiger partial charge in [-0.3, -0.25) is 0 Å². The Hall–Kier alpha value is -7.18. The largest absolute Gasteiger partial charge is 0.338 e. The molecule has 0 unspecified atom stereocenters. The van der Waals surface area contributed by atoms with Gasteiger partial charge in [-0.05, 0) is 212 Å². The third kappa shape index (κ3) is 9.10. The van der Waals surface area contributed by atoms with Gasteiger partial charge in [0.1, 0.15) is 0 Å². The molecule has 0 N–H and O–H groups in total. The standard InChI is InChI=1S/C85H91BN2SSi/c1-79(2,3)57-47-73-76-74(48-57)88(58-36-38-62(39-37-58)90(59-30-22-17-23-31-59,60-32-24-18-25-33-60)61-34-26-19-27-35-61)77-64-50-67-70(85(14,15)45-42-82(67,8)9)53-75(64)89-78(77)86(76)71-51-68-69(84(12,13)44-43-83(68,10)11)52-72(71)87(73)54-56-46-65-66(81(6,7)41-40-80(65,4)5)49-63(56)55-28-20-16-21-29-55/h16-39,46-53H,40-45,54H2,1-15H3. The molecule has 1 aromatic heterocycles. The van der Waals surface area contributed by atoms with Crippen LogP contribution in [0.2, 0.25) is 0 Å². The van der Waals surface area contributed by atoms with E-state index in [1.807, 2.05) is 0 Å². The molecule has 0 saturated carbocycles. The van der Waals surface area contributed by atoms with E-state index in [9.17, 15) is 0 Å². The molecule has 2 nitrogen and oxygen atoms in total. The number of hydrogen-bond donors (Lipinski definition) is 0. The topological polar surface area (TPSA) is 6.48 Å². The minimum atomic E-state index is -2.84. The Kier molecular flexibility index (Phi) is 13.4. The van der Waals surface area contributed by atoms with Gasteiger partial charge in [0.05, 0.1) is 5.69 Å². The summed E-state index contributed by atoms with van der Waals surface area (Å²) in [5, 5.41) is 6.93. The van der Waals surface area contributed by atoms with E-state index in [4.69, 9.17) is 0 Å². The van der Waals surface area contributed by atoms with E-state index >= 15 is 0 Å². The van der Waals surface area contributed by atoms with Gasteiger partial charge in [0.25, 0.3) is 6.71 Å². The van der Waals surface area contributed by atoms with Crippen LogP contribution in [-0.4, -0.2) is 14.8 Å². The Balaban J connectivity index is 1.05. The highest BCUT2D eigenvalue weighted by atomic mass is 32.1. The van der Waals surface area contributed by atoms with Crippen molar-refractivity contribution < 1.29 is 0 Å². The molecule has 10 aromatic rings. The van der Waals surface area contributed by atoms with Crippen LogP contribution in [0.25, 0.3) is 21.2 Å². The molecule has 0 radical (unpaired) electrons. The number of anilines is 5. The predicted octanol–water partition coefficient (Wildman–Crippen LogP) is 18.2. The number of rotatable bonds is 8. The highest BCUT2D eigenvalue weighted by molar-refractivity contribution is 7.33. The average Bonchev–Trinajstić information content (AvgIpc) is 1.21. The zero-order valence-corrected chi connectivity index (χ0v) is 58.1. The molecule has 5 aliphatic rings. The molecule has 3 aliphatic carbocycles. The fraction of sp³-hybridized carbons (Fsp3) is 0.341. The molecule has 3 heterocycles. The van der Waals surface area contributed by atoms with E-state index in [0.717, 1.165) is 19.4 Å². The van der Waals surface area contributed by atoms with Gasteiger partial charge in [-0.25, -0.2) is 0 Å². The van der Waals surface area contributed by atoms with Crippen LogP contribution < -0.4 is 46.2 Å². The fourth-order valence-corrected chi connectivity index (χ4v) is 23.4. The Morgan fingerprint density at radius 3 is 1.36 bits per heavy atom. The molecule has 0 spiro atoms. The fourth-order valence-electron chi connectivity index (χ4n) is 17.3. The van der Waals surface area contributed by atoms with Crippen molar-refractivity contribution in [1.29, 1.82) is 0 Å². The summed E-state index contributed by atoms with van der Waals surface area (Å²) in [7, 11) is -2.84. The number of hydrogen-bond acceptors (Lipinski definition) is 3. The lowest BCUT2D eigenvalue weighted by molar-refractivity contribution is 0.331. The summed E-state index contributed by atoms with van der Waals surface area (Å²) in [4.78, 5) is 5.62. The zero-order valence-electron chi connectivity index (χ0n) is 56.3. The van der Waals surface area contributed by atoms with Crippen molar-refractivity contribution in [1.82, 2.24) is 0 Å². The monoisotopic (exact) mass is 1210 g/mol. The summed E-state index contributed by atoms with van der Waals surface area (Å²) in [6, 6.07) is 77.2. The van der Waals surface area contributed by atoms with E-state index in [2.05, 4.69) is 319 Å². The van der Waals surface area contributed by atoms with Gasteiger partial charge in [-0.15, -0.1) is 11.3 Å². The Morgan fingerprint density at radius 1 is 0.433 bits per heavy atom. The molecule has 9 aromatic carbocycles. The average molecular weight is 1210 g/mol. The van der Waals surface area contributed by atoms with Crippen LogP contribution in [0, 0.1) is 0 Å². The first-order chi connectivity index (χ1) is 42.7. The van der Waals surface area contributed by atoms with Crippen LogP contribution in [0.5, 0.6) is 0 Å². The van der Waals surface area contributed by atoms with Crippen molar-refractivity contribution in [2.75, 3.05) is 9.80 Å². The normalized spacial score (nSPS) is 18.6. The molecule has 0 bridgehead atoms. The maximum atomic E-state index is 2.84. The van der Waals surface area contributed by atoms with Crippen LogP contribution in [0.3, 0.4) is 0 Å². The van der Waals surface area contributed by atoms with Crippen LogP contribution in [0.15, 0.2) is 194 Å². The molecule has 0 amide bonds. The van der Waals surface area contributed by atoms with E-state index in [0.29, 0.717) is 0 Å². The quantitative estimate of drug-likeness (QED) is 0.111. The smallest absolute Gasteiger partial charge is 0.264 e. The minimum Gasteiger partial charge on any atom is -0.338 e. The van der Waals surface area contributed by atoms with Gasteiger partial charge in [0, 0.05) is 44.2 Å². The zero-order chi connectivity index (χ0) is 62.9. The summed E-state index contributed by atoms with van der Waals surface area (Å²) in [6.07, 6.45) is 7.02. The van der Waals surface area contributed by atoms with E-state index < -0.39 is 8.07 Å². The van der Waals surface area contributed by atoms with Gasteiger partial charge in [-0.1, -0.05) is 249 Å². The first kappa shape index (κ1) is 59.1.